The summed E-state index contributed by atoms with van der Waals surface area (Å²) >= 11 is 0. The molecule has 3 aromatic heterocycles. The van der Waals surface area contributed by atoms with Crippen molar-refractivity contribution >= 4 is 34.1 Å². The summed E-state index contributed by atoms with van der Waals surface area (Å²) in [5.41, 5.74) is 7.18. The molecular formula is C28H28N8O4. The van der Waals surface area contributed by atoms with Gasteiger partial charge in [-0.15, -0.1) is 12.3 Å². The number of benzene rings is 1. The Hall–Kier alpha value is -4.94. The SMILES string of the molecule is C#CCOC(=O)Cn1c(=O)n(Cc2ccc3nccnc3c2)c(=O)c2c1nc(N1CCCC(N)C1)n2CC#CC. The minimum Gasteiger partial charge on any atom is -0.451 e. The highest BCUT2D eigenvalue weighted by molar-refractivity contribution is 5.78. The first-order chi connectivity index (χ1) is 19.4. The highest BCUT2D eigenvalue weighted by Crippen LogP contribution is 2.23. The number of piperidine rings is 1. The van der Waals surface area contributed by atoms with Crippen molar-refractivity contribution in [1.29, 1.82) is 0 Å². The summed E-state index contributed by atoms with van der Waals surface area (Å²) in [7, 11) is 0. The van der Waals surface area contributed by atoms with Crippen LogP contribution in [0.5, 0.6) is 0 Å². The Balaban J connectivity index is 1.72. The summed E-state index contributed by atoms with van der Waals surface area (Å²) in [6.07, 6.45) is 10.1. The first kappa shape index (κ1) is 26.7. The van der Waals surface area contributed by atoms with Crippen LogP contribution in [0.3, 0.4) is 0 Å². The number of aromatic nitrogens is 6. The molecule has 1 fully saturated rings. The lowest BCUT2D eigenvalue weighted by Crippen LogP contribution is -2.44. The Bertz CT molecular complexity index is 1820. The smallest absolute Gasteiger partial charge is 0.333 e. The molecule has 40 heavy (non-hydrogen) atoms. The Kier molecular flexibility index (Phi) is 7.62. The monoisotopic (exact) mass is 540 g/mol. The molecule has 1 aliphatic heterocycles. The van der Waals surface area contributed by atoms with E-state index in [1.165, 1.54) is 0 Å². The molecule has 1 saturated heterocycles. The van der Waals surface area contributed by atoms with E-state index in [4.69, 9.17) is 21.9 Å². The lowest BCUT2D eigenvalue weighted by molar-refractivity contribution is -0.142. The first-order valence-electron chi connectivity index (χ1n) is 12.8. The molecule has 1 unspecified atom stereocenters. The Morgan fingerprint density at radius 1 is 1.18 bits per heavy atom. The van der Waals surface area contributed by atoms with Crippen LogP contribution in [0.25, 0.3) is 22.2 Å². The van der Waals surface area contributed by atoms with E-state index in [9.17, 15) is 14.4 Å². The number of anilines is 1. The van der Waals surface area contributed by atoms with Crippen molar-refractivity contribution < 1.29 is 9.53 Å². The second kappa shape index (κ2) is 11.4. The summed E-state index contributed by atoms with van der Waals surface area (Å²) in [4.78, 5) is 55.7. The van der Waals surface area contributed by atoms with E-state index in [-0.39, 0.29) is 36.9 Å². The summed E-state index contributed by atoms with van der Waals surface area (Å²) in [6, 6.07) is 5.26. The van der Waals surface area contributed by atoms with Gasteiger partial charge in [-0.2, -0.15) is 4.98 Å². The number of imidazole rings is 1. The van der Waals surface area contributed by atoms with Crippen molar-refractivity contribution in [1.82, 2.24) is 28.7 Å². The third kappa shape index (κ3) is 5.17. The van der Waals surface area contributed by atoms with E-state index in [1.807, 2.05) is 4.90 Å². The molecule has 0 aliphatic carbocycles. The van der Waals surface area contributed by atoms with Crippen LogP contribution in [-0.4, -0.2) is 60.4 Å². The van der Waals surface area contributed by atoms with Crippen LogP contribution in [0, 0.1) is 24.2 Å². The minimum absolute atomic E-state index is 0.0614. The molecule has 1 aromatic carbocycles. The fourth-order valence-electron chi connectivity index (χ4n) is 4.89. The summed E-state index contributed by atoms with van der Waals surface area (Å²) in [5.74, 6) is 7.84. The van der Waals surface area contributed by atoms with Crippen LogP contribution in [0.15, 0.2) is 40.2 Å². The van der Waals surface area contributed by atoms with Gasteiger partial charge < -0.3 is 15.4 Å². The molecule has 1 aliphatic rings. The summed E-state index contributed by atoms with van der Waals surface area (Å²) < 4.78 is 8.97. The predicted molar refractivity (Wildman–Crippen MR) is 150 cm³/mol. The fraction of sp³-hybridized carbons (Fsp3) is 0.357. The lowest BCUT2D eigenvalue weighted by Gasteiger charge is -2.31. The molecule has 1 atom stereocenters. The molecule has 204 valence electrons. The van der Waals surface area contributed by atoms with E-state index < -0.39 is 23.8 Å². The van der Waals surface area contributed by atoms with Crippen LogP contribution in [0.4, 0.5) is 5.95 Å². The van der Waals surface area contributed by atoms with Crippen molar-refractivity contribution in [3.05, 3.63) is 57.0 Å². The average Bonchev–Trinajstić information content (AvgIpc) is 3.34. The summed E-state index contributed by atoms with van der Waals surface area (Å²) in [5, 5.41) is 0. The molecule has 0 saturated carbocycles. The Morgan fingerprint density at radius 2 is 1.98 bits per heavy atom. The van der Waals surface area contributed by atoms with Gasteiger partial charge in [-0.1, -0.05) is 17.9 Å². The maximum absolute atomic E-state index is 14.0. The van der Waals surface area contributed by atoms with Crippen molar-refractivity contribution in [2.75, 3.05) is 24.6 Å². The highest BCUT2D eigenvalue weighted by Gasteiger charge is 2.27. The number of terminal acetylenes is 1. The molecular weight excluding hydrogens is 512 g/mol. The van der Waals surface area contributed by atoms with Gasteiger partial charge in [0.05, 0.1) is 24.1 Å². The first-order valence-corrected chi connectivity index (χ1v) is 12.8. The molecule has 5 rings (SSSR count). The molecule has 4 aromatic rings. The fourth-order valence-corrected chi connectivity index (χ4v) is 4.89. The zero-order valence-electron chi connectivity index (χ0n) is 22.0. The average molecular weight is 541 g/mol. The second-order valence-corrected chi connectivity index (χ2v) is 9.45. The number of nitrogens with two attached hydrogens (primary N) is 1. The topological polar surface area (TPSA) is 143 Å². The standard InChI is InChI=1S/C28H28N8O4/c1-3-5-13-34-24-25(32-27(34)33-12-6-7-20(29)17-33)35(18-23(37)40-14-4-2)28(39)36(26(24)38)16-19-8-9-21-22(15-19)31-11-10-30-21/h2,8-11,15,20H,6-7,12-14,16-18,29H2,1H3. The summed E-state index contributed by atoms with van der Waals surface area (Å²) in [6.45, 7) is 2.29. The molecule has 0 amide bonds. The number of ether oxygens (including phenoxy) is 1. The predicted octanol–water partition coefficient (Wildman–Crippen LogP) is 0.478. The van der Waals surface area contributed by atoms with Gasteiger partial charge in [0.15, 0.2) is 17.8 Å². The maximum atomic E-state index is 14.0. The van der Waals surface area contributed by atoms with E-state index in [1.54, 1.807) is 42.1 Å². The maximum Gasteiger partial charge on any atom is 0.333 e. The van der Waals surface area contributed by atoms with E-state index in [0.717, 1.165) is 22.0 Å². The number of nitrogens with zero attached hydrogens (tertiary/aromatic N) is 7. The van der Waals surface area contributed by atoms with Crippen molar-refractivity contribution in [3.8, 4) is 24.2 Å². The van der Waals surface area contributed by atoms with Crippen LogP contribution in [0.2, 0.25) is 0 Å². The normalized spacial score (nSPS) is 15.0. The van der Waals surface area contributed by atoms with Crippen LogP contribution < -0.4 is 21.9 Å². The van der Waals surface area contributed by atoms with Gasteiger partial charge in [-0.05, 0) is 37.5 Å². The molecule has 12 heteroatoms. The van der Waals surface area contributed by atoms with Gasteiger partial charge in [0, 0.05) is 31.5 Å². The molecule has 2 N–H and O–H groups in total. The van der Waals surface area contributed by atoms with Crippen molar-refractivity contribution in [2.45, 2.75) is 45.4 Å². The van der Waals surface area contributed by atoms with Gasteiger partial charge in [0.1, 0.15) is 6.54 Å². The minimum atomic E-state index is -0.725. The second-order valence-electron chi connectivity index (χ2n) is 9.45. The van der Waals surface area contributed by atoms with Crippen molar-refractivity contribution in [3.63, 3.8) is 0 Å². The largest absolute Gasteiger partial charge is 0.451 e. The Labute approximate surface area is 229 Å². The number of carbonyl (C=O) groups is 1. The molecule has 12 nitrogen and oxygen atoms in total. The van der Waals surface area contributed by atoms with E-state index in [2.05, 4.69) is 27.7 Å². The van der Waals surface area contributed by atoms with Crippen molar-refractivity contribution in [2.24, 2.45) is 5.73 Å². The van der Waals surface area contributed by atoms with Gasteiger partial charge in [-0.3, -0.25) is 33.3 Å². The molecule has 4 heterocycles. The quantitative estimate of drug-likeness (QED) is 0.261. The number of esters is 1. The third-order valence-corrected chi connectivity index (χ3v) is 6.73. The van der Waals surface area contributed by atoms with Crippen LogP contribution in [-0.2, 0) is 29.2 Å². The third-order valence-electron chi connectivity index (χ3n) is 6.73. The van der Waals surface area contributed by atoms with E-state index >= 15 is 0 Å². The lowest BCUT2D eigenvalue weighted by atomic mass is 10.1. The zero-order chi connectivity index (χ0) is 28.2. The Morgan fingerprint density at radius 3 is 2.73 bits per heavy atom. The molecule has 0 radical (unpaired) electrons. The van der Waals surface area contributed by atoms with Crippen LogP contribution >= 0.6 is 0 Å². The molecule has 0 spiro atoms. The number of fused-ring (bicyclic) bond motifs is 2. The van der Waals surface area contributed by atoms with Gasteiger partial charge in [0.25, 0.3) is 5.56 Å². The number of rotatable bonds is 7. The van der Waals surface area contributed by atoms with Gasteiger partial charge in [-0.25, -0.2) is 4.79 Å². The van der Waals surface area contributed by atoms with Gasteiger partial charge in [0.2, 0.25) is 5.95 Å². The highest BCUT2D eigenvalue weighted by atomic mass is 16.5. The van der Waals surface area contributed by atoms with Crippen LogP contribution in [0.1, 0.15) is 25.3 Å². The molecule has 0 bridgehead atoms. The number of hydrogen-bond acceptors (Lipinski definition) is 9. The van der Waals surface area contributed by atoms with E-state index in [0.29, 0.717) is 35.6 Å². The number of hydrogen-bond donors (Lipinski definition) is 1. The number of carbonyl (C=O) groups excluding carboxylic acids is 1. The zero-order valence-corrected chi connectivity index (χ0v) is 22.0. The van der Waals surface area contributed by atoms with Gasteiger partial charge >= 0.3 is 11.7 Å².